The van der Waals surface area contributed by atoms with Gasteiger partial charge in [-0.05, 0) is 42.9 Å². The molecule has 1 N–H and O–H groups in total. The second-order valence-corrected chi connectivity index (χ2v) is 6.18. The second-order valence-electron chi connectivity index (χ2n) is 5.18. The average molecular weight is 248 g/mol. The van der Waals surface area contributed by atoms with Gasteiger partial charge in [0.25, 0.3) is 0 Å². The number of fused-ring (bicyclic) bond motifs is 1. The highest BCUT2D eigenvalue weighted by molar-refractivity contribution is 7.10. The summed E-state index contributed by atoms with van der Waals surface area (Å²) in [5, 5.41) is 5.57. The minimum atomic E-state index is 0.591. The minimum absolute atomic E-state index is 0.591. The van der Waals surface area contributed by atoms with E-state index in [2.05, 4.69) is 35.5 Å². The summed E-state index contributed by atoms with van der Waals surface area (Å²) in [5.74, 6) is 0. The Morgan fingerprint density at radius 3 is 3.06 bits per heavy atom. The summed E-state index contributed by atoms with van der Waals surface area (Å²) in [4.78, 5) is 4.22. The molecule has 17 heavy (non-hydrogen) atoms. The Bertz CT molecular complexity index is 441. The van der Waals surface area contributed by atoms with Crippen LogP contribution in [0.2, 0.25) is 0 Å². The predicted octanol–water partition coefficient (Wildman–Crippen LogP) is 2.59. The summed E-state index contributed by atoms with van der Waals surface area (Å²) in [5.41, 5.74) is 4.76. The lowest BCUT2D eigenvalue weighted by atomic mass is 9.98. The van der Waals surface area contributed by atoms with Crippen LogP contribution in [-0.4, -0.2) is 31.1 Å². The zero-order chi connectivity index (χ0) is 11.8. The molecule has 0 spiro atoms. The maximum absolute atomic E-state index is 3.33. The zero-order valence-electron chi connectivity index (χ0n) is 10.6. The maximum atomic E-state index is 3.33. The molecule has 0 radical (unpaired) electrons. The van der Waals surface area contributed by atoms with Crippen molar-refractivity contribution in [3.8, 4) is 0 Å². The van der Waals surface area contributed by atoms with Crippen molar-refractivity contribution < 1.29 is 0 Å². The Hall–Kier alpha value is -0.640. The lowest BCUT2D eigenvalue weighted by Gasteiger charge is -2.35. The Kier molecular flexibility index (Phi) is 3.07. The predicted molar refractivity (Wildman–Crippen MR) is 73.6 cm³/mol. The molecule has 3 rings (SSSR count). The van der Waals surface area contributed by atoms with Gasteiger partial charge in [-0.2, -0.15) is 0 Å². The largest absolute Gasteiger partial charge is 0.309 e. The fourth-order valence-electron chi connectivity index (χ4n) is 2.75. The first-order valence-electron chi connectivity index (χ1n) is 6.44. The van der Waals surface area contributed by atoms with Crippen molar-refractivity contribution >= 4 is 11.3 Å². The number of rotatable bonds is 2. The summed E-state index contributed by atoms with van der Waals surface area (Å²) < 4.78 is 0. The fraction of sp³-hybridized carbons (Fsp3) is 0.571. The van der Waals surface area contributed by atoms with Gasteiger partial charge in [-0.3, -0.25) is 4.90 Å². The highest BCUT2D eigenvalue weighted by atomic mass is 32.1. The first-order valence-corrected chi connectivity index (χ1v) is 7.32. The third kappa shape index (κ3) is 2.07. The smallest absolute Gasteiger partial charge is 0.0334 e. The van der Waals surface area contributed by atoms with E-state index in [0.29, 0.717) is 6.04 Å². The van der Waals surface area contributed by atoms with E-state index in [1.807, 2.05) is 11.3 Å². The van der Waals surface area contributed by atoms with Crippen molar-refractivity contribution in [3.05, 3.63) is 33.0 Å². The first kappa shape index (κ1) is 11.5. The van der Waals surface area contributed by atoms with Gasteiger partial charge < -0.3 is 5.32 Å². The van der Waals surface area contributed by atoms with Gasteiger partial charge in [0.2, 0.25) is 0 Å². The van der Waals surface area contributed by atoms with Crippen molar-refractivity contribution in [1.82, 2.24) is 10.2 Å². The van der Waals surface area contributed by atoms with Crippen LogP contribution in [0.4, 0.5) is 0 Å². The summed E-state index contributed by atoms with van der Waals surface area (Å²) in [6.45, 7) is 9.23. The molecule has 1 unspecified atom stereocenters. The van der Waals surface area contributed by atoms with Crippen LogP contribution in [0.5, 0.6) is 0 Å². The third-order valence-electron chi connectivity index (χ3n) is 4.12. The van der Waals surface area contributed by atoms with Crippen LogP contribution in [0.25, 0.3) is 0 Å². The summed E-state index contributed by atoms with van der Waals surface area (Å²) in [6.07, 6.45) is 1.23. The average Bonchev–Trinajstić information content (AvgIpc) is 2.68. The molecule has 1 saturated heterocycles. The summed E-state index contributed by atoms with van der Waals surface area (Å²) in [6, 6.07) is 2.90. The molecule has 3 heterocycles. The lowest BCUT2D eigenvalue weighted by Crippen LogP contribution is -2.39. The highest BCUT2D eigenvalue weighted by Crippen LogP contribution is 2.33. The normalized spacial score (nSPS) is 24.4. The first-order chi connectivity index (χ1) is 8.25. The number of thiophene rings is 1. The molecule has 2 aliphatic rings. The van der Waals surface area contributed by atoms with E-state index < -0.39 is 0 Å². The zero-order valence-corrected chi connectivity index (χ0v) is 11.4. The van der Waals surface area contributed by atoms with Gasteiger partial charge in [0.05, 0.1) is 0 Å². The number of hydrogen-bond donors (Lipinski definition) is 1. The number of hydrogen-bond acceptors (Lipinski definition) is 3. The molecule has 2 aliphatic heterocycles. The van der Waals surface area contributed by atoms with E-state index in [0.717, 1.165) is 19.6 Å². The van der Waals surface area contributed by atoms with Crippen LogP contribution in [0, 0.1) is 0 Å². The molecule has 0 saturated carbocycles. The molecule has 2 nitrogen and oxygen atoms in total. The molecule has 0 aliphatic carbocycles. The van der Waals surface area contributed by atoms with E-state index in [1.54, 1.807) is 21.6 Å². The molecule has 1 aromatic rings. The van der Waals surface area contributed by atoms with Crippen LogP contribution < -0.4 is 5.32 Å². The van der Waals surface area contributed by atoms with Crippen molar-refractivity contribution in [1.29, 1.82) is 0 Å². The maximum Gasteiger partial charge on any atom is 0.0334 e. The lowest BCUT2D eigenvalue weighted by molar-refractivity contribution is 0.217. The van der Waals surface area contributed by atoms with E-state index >= 15 is 0 Å². The molecule has 0 amide bonds. The standard InChI is InChI=1S/C14H20N2S/c1-10(12-7-15-8-12)9-16-5-3-14-13(11(16)2)4-6-17-14/h4,6,11,15H,3,5,7-9H2,1-2H3. The molecule has 3 heteroatoms. The Morgan fingerprint density at radius 2 is 2.35 bits per heavy atom. The van der Waals surface area contributed by atoms with E-state index in [1.165, 1.54) is 13.0 Å². The van der Waals surface area contributed by atoms with Crippen molar-refractivity contribution in [2.75, 3.05) is 26.2 Å². The van der Waals surface area contributed by atoms with Crippen molar-refractivity contribution in [3.63, 3.8) is 0 Å². The molecular formula is C14H20N2S. The molecule has 1 aromatic heterocycles. The van der Waals surface area contributed by atoms with E-state index in [-0.39, 0.29) is 0 Å². The van der Waals surface area contributed by atoms with Crippen LogP contribution >= 0.6 is 11.3 Å². The molecule has 0 bridgehead atoms. The van der Waals surface area contributed by atoms with Gasteiger partial charge in [-0.15, -0.1) is 11.3 Å². The molecule has 1 fully saturated rings. The highest BCUT2D eigenvalue weighted by Gasteiger charge is 2.25. The van der Waals surface area contributed by atoms with Crippen LogP contribution in [0.3, 0.4) is 0 Å². The minimum Gasteiger partial charge on any atom is -0.309 e. The summed E-state index contributed by atoms with van der Waals surface area (Å²) in [7, 11) is 0. The summed E-state index contributed by atoms with van der Waals surface area (Å²) >= 11 is 1.92. The van der Waals surface area contributed by atoms with Gasteiger partial charge in [0, 0.05) is 37.1 Å². The Labute approximate surface area is 107 Å². The quantitative estimate of drug-likeness (QED) is 0.809. The van der Waals surface area contributed by atoms with Crippen molar-refractivity contribution in [2.45, 2.75) is 26.3 Å². The third-order valence-corrected chi connectivity index (χ3v) is 5.12. The number of nitrogens with zero attached hydrogens (tertiary/aromatic N) is 1. The van der Waals surface area contributed by atoms with E-state index in [4.69, 9.17) is 0 Å². The topological polar surface area (TPSA) is 15.3 Å². The monoisotopic (exact) mass is 248 g/mol. The Morgan fingerprint density at radius 1 is 1.53 bits per heavy atom. The number of nitrogens with one attached hydrogen (secondary N) is 1. The van der Waals surface area contributed by atoms with Crippen molar-refractivity contribution in [2.24, 2.45) is 0 Å². The van der Waals surface area contributed by atoms with E-state index in [9.17, 15) is 0 Å². The molecule has 1 atom stereocenters. The van der Waals surface area contributed by atoms with Gasteiger partial charge in [0.1, 0.15) is 0 Å². The molecular weight excluding hydrogens is 228 g/mol. The fourth-order valence-corrected chi connectivity index (χ4v) is 3.71. The van der Waals surface area contributed by atoms with Gasteiger partial charge in [-0.1, -0.05) is 5.57 Å². The van der Waals surface area contributed by atoms with Crippen LogP contribution in [0.15, 0.2) is 22.6 Å². The molecule has 92 valence electrons. The SMILES string of the molecule is CC(CN1CCc2sccc2C1C)=C1CNC1. The van der Waals surface area contributed by atoms with Crippen LogP contribution in [-0.2, 0) is 6.42 Å². The van der Waals surface area contributed by atoms with Gasteiger partial charge >= 0.3 is 0 Å². The van der Waals surface area contributed by atoms with Gasteiger partial charge in [0.15, 0.2) is 0 Å². The van der Waals surface area contributed by atoms with Gasteiger partial charge in [-0.25, -0.2) is 0 Å². The Balaban J connectivity index is 1.74. The molecule has 0 aromatic carbocycles. The second kappa shape index (κ2) is 4.56. The van der Waals surface area contributed by atoms with Crippen LogP contribution in [0.1, 0.15) is 30.3 Å².